The summed E-state index contributed by atoms with van der Waals surface area (Å²) in [4.78, 5) is 35.6. The zero-order chi connectivity index (χ0) is 15.7. The van der Waals surface area contributed by atoms with Crippen molar-refractivity contribution in [1.29, 1.82) is 0 Å². The summed E-state index contributed by atoms with van der Waals surface area (Å²) in [6.07, 6.45) is 0. The number of likely N-dealkylation sites (N-methyl/N-ethyl adjacent to an activating group) is 1. The minimum absolute atomic E-state index is 0.0773. The van der Waals surface area contributed by atoms with E-state index in [4.69, 9.17) is 0 Å². The predicted molar refractivity (Wildman–Crippen MR) is 81.7 cm³/mol. The minimum Gasteiger partial charge on any atom is -0.358 e. The molecule has 1 aliphatic carbocycles. The molecule has 2 aromatic carbocycles. The summed E-state index contributed by atoms with van der Waals surface area (Å²) in [5.41, 5.74) is 3.27. The van der Waals surface area contributed by atoms with E-state index in [-0.39, 0.29) is 24.1 Å². The SMILES string of the molecule is CNC(=O)CNC(=O)c1ccc2c(c1)C(=O)c1ccccc1-2. The molecule has 0 radical (unpaired) electrons. The second-order valence-corrected chi connectivity index (χ2v) is 4.99. The van der Waals surface area contributed by atoms with Crippen LogP contribution in [0.25, 0.3) is 11.1 Å². The highest BCUT2D eigenvalue weighted by atomic mass is 16.2. The van der Waals surface area contributed by atoms with Gasteiger partial charge in [0, 0.05) is 23.7 Å². The van der Waals surface area contributed by atoms with Gasteiger partial charge in [0.05, 0.1) is 6.54 Å². The first-order chi connectivity index (χ1) is 10.6. The first-order valence-corrected chi connectivity index (χ1v) is 6.88. The van der Waals surface area contributed by atoms with E-state index in [1.165, 1.54) is 7.05 Å². The van der Waals surface area contributed by atoms with Gasteiger partial charge >= 0.3 is 0 Å². The second-order valence-electron chi connectivity index (χ2n) is 4.99. The van der Waals surface area contributed by atoms with Crippen LogP contribution in [0.1, 0.15) is 26.3 Å². The summed E-state index contributed by atoms with van der Waals surface area (Å²) in [5, 5.41) is 4.94. The normalized spacial score (nSPS) is 11.6. The molecule has 2 amide bonds. The van der Waals surface area contributed by atoms with Gasteiger partial charge in [-0.05, 0) is 23.3 Å². The van der Waals surface area contributed by atoms with Gasteiger partial charge < -0.3 is 10.6 Å². The third-order valence-corrected chi connectivity index (χ3v) is 3.68. The van der Waals surface area contributed by atoms with Crippen molar-refractivity contribution >= 4 is 17.6 Å². The predicted octanol–water partition coefficient (Wildman–Crippen LogP) is 1.37. The molecular formula is C17H14N2O3. The average Bonchev–Trinajstić information content (AvgIpc) is 2.85. The Kier molecular flexibility index (Phi) is 3.47. The van der Waals surface area contributed by atoms with Crippen LogP contribution in [-0.2, 0) is 4.79 Å². The lowest BCUT2D eigenvalue weighted by Gasteiger charge is -2.06. The van der Waals surface area contributed by atoms with Crippen molar-refractivity contribution in [2.45, 2.75) is 0 Å². The topological polar surface area (TPSA) is 75.3 Å². The highest BCUT2D eigenvalue weighted by Gasteiger charge is 2.26. The largest absolute Gasteiger partial charge is 0.358 e. The van der Waals surface area contributed by atoms with Crippen LogP contribution < -0.4 is 10.6 Å². The molecule has 0 aromatic heterocycles. The molecule has 5 nitrogen and oxygen atoms in total. The van der Waals surface area contributed by atoms with Crippen LogP contribution >= 0.6 is 0 Å². The Morgan fingerprint density at radius 3 is 2.36 bits per heavy atom. The Balaban J connectivity index is 1.89. The Morgan fingerprint density at radius 2 is 1.64 bits per heavy atom. The summed E-state index contributed by atoms with van der Waals surface area (Å²) in [6, 6.07) is 12.4. The maximum absolute atomic E-state index is 12.4. The number of ketones is 1. The fraction of sp³-hybridized carbons (Fsp3) is 0.118. The number of nitrogens with one attached hydrogen (secondary N) is 2. The van der Waals surface area contributed by atoms with Gasteiger partial charge in [0.1, 0.15) is 0 Å². The molecular weight excluding hydrogens is 280 g/mol. The van der Waals surface area contributed by atoms with Gasteiger partial charge in [-0.1, -0.05) is 30.3 Å². The van der Waals surface area contributed by atoms with Crippen LogP contribution in [0.2, 0.25) is 0 Å². The Bertz CT molecular complexity index is 796. The minimum atomic E-state index is -0.379. The Morgan fingerprint density at radius 1 is 0.955 bits per heavy atom. The van der Waals surface area contributed by atoms with Crippen LogP contribution in [0.4, 0.5) is 0 Å². The van der Waals surface area contributed by atoms with Crippen LogP contribution in [0, 0.1) is 0 Å². The number of fused-ring (bicyclic) bond motifs is 3. The van der Waals surface area contributed by atoms with Gasteiger partial charge in [0.2, 0.25) is 5.91 Å². The lowest BCUT2D eigenvalue weighted by Crippen LogP contribution is -2.35. The van der Waals surface area contributed by atoms with E-state index in [1.807, 2.05) is 18.2 Å². The maximum atomic E-state index is 12.4. The molecule has 2 N–H and O–H groups in total. The zero-order valence-corrected chi connectivity index (χ0v) is 12.0. The van der Waals surface area contributed by atoms with E-state index in [1.54, 1.807) is 24.3 Å². The van der Waals surface area contributed by atoms with E-state index >= 15 is 0 Å². The lowest BCUT2D eigenvalue weighted by molar-refractivity contribution is -0.119. The summed E-state index contributed by atoms with van der Waals surface area (Å²) in [6.45, 7) is -0.0966. The number of carbonyl (C=O) groups is 3. The highest BCUT2D eigenvalue weighted by molar-refractivity contribution is 6.22. The van der Waals surface area contributed by atoms with Crippen molar-refractivity contribution in [3.63, 3.8) is 0 Å². The van der Waals surface area contributed by atoms with Crippen molar-refractivity contribution in [2.75, 3.05) is 13.6 Å². The first-order valence-electron chi connectivity index (χ1n) is 6.88. The van der Waals surface area contributed by atoms with Crippen molar-refractivity contribution in [2.24, 2.45) is 0 Å². The summed E-state index contributed by atoms with van der Waals surface area (Å²) in [7, 11) is 1.50. The molecule has 0 fully saturated rings. The summed E-state index contributed by atoms with van der Waals surface area (Å²) >= 11 is 0. The third kappa shape index (κ3) is 2.26. The monoisotopic (exact) mass is 294 g/mol. The van der Waals surface area contributed by atoms with Crippen LogP contribution in [0.5, 0.6) is 0 Å². The molecule has 2 aromatic rings. The van der Waals surface area contributed by atoms with Crippen molar-refractivity contribution in [3.8, 4) is 11.1 Å². The standard InChI is InChI=1S/C17H14N2O3/c1-18-15(20)9-19-17(22)10-6-7-12-11-4-2-3-5-13(11)16(21)14(12)8-10/h2-8H,9H2,1H3,(H,18,20)(H,19,22). The Labute approximate surface area is 127 Å². The van der Waals surface area contributed by atoms with Crippen molar-refractivity contribution in [1.82, 2.24) is 10.6 Å². The van der Waals surface area contributed by atoms with Crippen molar-refractivity contribution in [3.05, 3.63) is 59.2 Å². The molecule has 3 rings (SSSR count). The van der Waals surface area contributed by atoms with E-state index < -0.39 is 0 Å². The van der Waals surface area contributed by atoms with Gasteiger partial charge in [-0.2, -0.15) is 0 Å². The van der Waals surface area contributed by atoms with Gasteiger partial charge in [0.25, 0.3) is 5.91 Å². The Hall–Kier alpha value is -2.95. The van der Waals surface area contributed by atoms with Gasteiger partial charge in [-0.3, -0.25) is 14.4 Å². The number of hydrogen-bond acceptors (Lipinski definition) is 3. The molecule has 1 aliphatic rings. The number of benzene rings is 2. The highest BCUT2D eigenvalue weighted by Crippen LogP contribution is 2.36. The van der Waals surface area contributed by atoms with E-state index in [0.717, 1.165) is 11.1 Å². The van der Waals surface area contributed by atoms with Gasteiger partial charge in [0.15, 0.2) is 5.78 Å². The number of amides is 2. The maximum Gasteiger partial charge on any atom is 0.251 e. The second kappa shape index (κ2) is 5.44. The summed E-state index contributed by atoms with van der Waals surface area (Å²) < 4.78 is 0. The molecule has 0 heterocycles. The zero-order valence-electron chi connectivity index (χ0n) is 12.0. The molecule has 0 aliphatic heterocycles. The van der Waals surface area contributed by atoms with Crippen molar-refractivity contribution < 1.29 is 14.4 Å². The number of carbonyl (C=O) groups excluding carboxylic acids is 3. The molecule has 0 bridgehead atoms. The molecule has 22 heavy (non-hydrogen) atoms. The van der Waals surface area contributed by atoms with E-state index in [9.17, 15) is 14.4 Å². The molecule has 110 valence electrons. The smallest absolute Gasteiger partial charge is 0.251 e. The van der Waals surface area contributed by atoms with Crippen LogP contribution in [0.3, 0.4) is 0 Å². The molecule has 5 heteroatoms. The van der Waals surface area contributed by atoms with Gasteiger partial charge in [-0.25, -0.2) is 0 Å². The molecule has 0 saturated carbocycles. The average molecular weight is 294 g/mol. The fourth-order valence-electron chi connectivity index (χ4n) is 2.52. The van der Waals surface area contributed by atoms with Crippen LogP contribution in [-0.4, -0.2) is 31.2 Å². The van der Waals surface area contributed by atoms with Crippen LogP contribution in [0.15, 0.2) is 42.5 Å². The molecule has 0 saturated heterocycles. The first kappa shape index (κ1) is 14.0. The lowest BCUT2D eigenvalue weighted by atomic mass is 10.0. The molecule has 0 spiro atoms. The van der Waals surface area contributed by atoms with E-state index in [0.29, 0.717) is 16.7 Å². The summed E-state index contributed by atoms with van der Waals surface area (Å²) in [5.74, 6) is -0.736. The van der Waals surface area contributed by atoms with Gasteiger partial charge in [-0.15, -0.1) is 0 Å². The van der Waals surface area contributed by atoms with E-state index in [2.05, 4.69) is 10.6 Å². The fourth-order valence-corrected chi connectivity index (χ4v) is 2.52. The third-order valence-electron chi connectivity index (χ3n) is 3.68. The molecule has 0 unspecified atom stereocenters. The number of rotatable bonds is 3. The quantitative estimate of drug-likeness (QED) is 0.766. The number of hydrogen-bond donors (Lipinski definition) is 2. The molecule has 0 atom stereocenters.